The number of rotatable bonds is 8. The Morgan fingerprint density at radius 1 is 1.00 bits per heavy atom. The summed E-state index contributed by atoms with van der Waals surface area (Å²) >= 11 is 12.9. The van der Waals surface area contributed by atoms with Crippen molar-refractivity contribution in [1.29, 1.82) is 0 Å². The van der Waals surface area contributed by atoms with Crippen molar-refractivity contribution in [1.82, 2.24) is 14.9 Å². The molecule has 0 spiro atoms. The molecule has 1 saturated heterocycles. The molecule has 1 saturated carbocycles. The Labute approximate surface area is 233 Å². The van der Waals surface area contributed by atoms with Gasteiger partial charge < -0.3 is 10.2 Å². The largest absolute Gasteiger partial charge is 0.353 e. The van der Waals surface area contributed by atoms with Gasteiger partial charge in [-0.25, -0.2) is 0 Å². The maximum Gasteiger partial charge on any atom is 0.169 e. The molecular formula is C31H30Cl2N4O. The summed E-state index contributed by atoms with van der Waals surface area (Å²) in [7, 11) is 0. The van der Waals surface area contributed by atoms with E-state index in [-0.39, 0.29) is 11.7 Å². The summed E-state index contributed by atoms with van der Waals surface area (Å²) in [5, 5.41) is 5.70. The van der Waals surface area contributed by atoms with E-state index in [1.54, 1.807) is 6.20 Å². The van der Waals surface area contributed by atoms with E-state index in [1.807, 2.05) is 43.6 Å². The van der Waals surface area contributed by atoms with E-state index in [0.29, 0.717) is 15.6 Å². The number of ketones is 1. The highest BCUT2D eigenvalue weighted by atomic mass is 35.5. The molecule has 7 heteroatoms. The molecule has 194 valence electrons. The Morgan fingerprint density at radius 2 is 1.76 bits per heavy atom. The average Bonchev–Trinajstić information content (AvgIpc) is 3.65. The van der Waals surface area contributed by atoms with Crippen LogP contribution in [-0.2, 0) is 6.42 Å². The molecular weight excluding hydrogens is 515 g/mol. The minimum absolute atomic E-state index is 0.0811. The number of nitrogens with one attached hydrogen (secondary N) is 1. The highest BCUT2D eigenvalue weighted by Crippen LogP contribution is 2.39. The first-order valence-corrected chi connectivity index (χ1v) is 14.1. The summed E-state index contributed by atoms with van der Waals surface area (Å²) < 4.78 is 0. The second kappa shape index (κ2) is 10.6. The molecule has 2 aliphatic rings. The molecule has 2 aromatic heterocycles. The van der Waals surface area contributed by atoms with Gasteiger partial charge in [0.15, 0.2) is 5.78 Å². The van der Waals surface area contributed by atoms with Crippen LogP contribution in [0.25, 0.3) is 22.0 Å². The molecule has 6 rings (SSSR count). The number of Topliss-reactive ketones (excluding diaryl/α,β-unsaturated/α-hetero) is 1. The molecule has 0 amide bonds. The number of fused-ring (bicyclic) bond motifs is 1. The lowest BCUT2D eigenvalue weighted by Gasteiger charge is -2.17. The molecule has 5 nitrogen and oxygen atoms in total. The van der Waals surface area contributed by atoms with E-state index in [2.05, 4.69) is 32.3 Å². The summed E-state index contributed by atoms with van der Waals surface area (Å²) in [5.41, 5.74) is 6.99. The molecule has 0 unspecified atom stereocenters. The molecule has 3 heterocycles. The monoisotopic (exact) mass is 544 g/mol. The number of hydrogen-bond donors (Lipinski definition) is 1. The normalized spacial score (nSPS) is 15.8. The van der Waals surface area contributed by atoms with Gasteiger partial charge in [-0.1, -0.05) is 29.3 Å². The predicted molar refractivity (Wildman–Crippen MR) is 156 cm³/mol. The third kappa shape index (κ3) is 5.28. The van der Waals surface area contributed by atoms with Gasteiger partial charge in [0.25, 0.3) is 0 Å². The van der Waals surface area contributed by atoms with Crippen molar-refractivity contribution >= 4 is 51.3 Å². The number of halogens is 2. The van der Waals surface area contributed by atoms with Crippen molar-refractivity contribution < 1.29 is 4.79 Å². The zero-order valence-electron chi connectivity index (χ0n) is 21.4. The summed E-state index contributed by atoms with van der Waals surface area (Å²) in [6.45, 7) is 5.31. The Morgan fingerprint density at radius 3 is 2.50 bits per heavy atom. The van der Waals surface area contributed by atoms with Gasteiger partial charge in [0.2, 0.25) is 0 Å². The van der Waals surface area contributed by atoms with Gasteiger partial charge in [-0.2, -0.15) is 0 Å². The molecule has 1 N–H and O–H groups in total. The number of carbonyl (C=O) groups excluding carboxylic acids is 1. The van der Waals surface area contributed by atoms with Crippen molar-refractivity contribution in [3.05, 3.63) is 81.7 Å². The Balaban J connectivity index is 1.39. The van der Waals surface area contributed by atoms with Gasteiger partial charge in [0.05, 0.1) is 28.7 Å². The van der Waals surface area contributed by atoms with Crippen LogP contribution in [0.1, 0.15) is 47.2 Å². The molecule has 1 aliphatic heterocycles. The lowest BCUT2D eigenvalue weighted by molar-refractivity contribution is 0.0968. The highest BCUT2D eigenvalue weighted by Gasteiger charge is 2.32. The number of carbonyl (C=O) groups is 1. The second-order valence-electron chi connectivity index (χ2n) is 10.5. The van der Waals surface area contributed by atoms with Crippen molar-refractivity contribution in [3.8, 4) is 11.1 Å². The summed E-state index contributed by atoms with van der Waals surface area (Å²) in [6, 6.07) is 12.1. The third-order valence-electron chi connectivity index (χ3n) is 7.68. The van der Waals surface area contributed by atoms with Crippen LogP contribution in [0.5, 0.6) is 0 Å². The van der Waals surface area contributed by atoms with Gasteiger partial charge >= 0.3 is 0 Å². The first kappa shape index (κ1) is 25.3. The topological polar surface area (TPSA) is 58.1 Å². The molecule has 1 aliphatic carbocycles. The smallest absolute Gasteiger partial charge is 0.169 e. The molecule has 4 aromatic rings. The predicted octanol–water partition coefficient (Wildman–Crippen LogP) is 7.89. The summed E-state index contributed by atoms with van der Waals surface area (Å²) in [5.74, 6) is 0.226. The number of nitrogens with zero attached hydrogens (tertiary/aromatic N) is 3. The zero-order valence-corrected chi connectivity index (χ0v) is 22.9. The van der Waals surface area contributed by atoms with Gasteiger partial charge in [0, 0.05) is 40.3 Å². The number of anilines is 2. The SMILES string of the molecule is Cc1c(Cl)cc(-c2ccc3ncc(C(=O)C4CC4)c(Nc4cncc(CCN5CCCC5)c4)c3c2)cc1Cl. The molecule has 38 heavy (non-hydrogen) atoms. The number of pyridine rings is 2. The fourth-order valence-corrected chi connectivity index (χ4v) is 5.69. The number of hydrogen-bond acceptors (Lipinski definition) is 5. The van der Waals surface area contributed by atoms with E-state index in [9.17, 15) is 4.79 Å². The quantitative estimate of drug-likeness (QED) is 0.228. The van der Waals surface area contributed by atoms with E-state index in [0.717, 1.165) is 64.8 Å². The van der Waals surface area contributed by atoms with Gasteiger partial charge in [-0.15, -0.1) is 0 Å². The molecule has 0 atom stereocenters. The first-order valence-electron chi connectivity index (χ1n) is 13.3. The number of likely N-dealkylation sites (tertiary alicyclic amines) is 1. The van der Waals surface area contributed by atoms with Crippen molar-refractivity contribution in [2.24, 2.45) is 5.92 Å². The van der Waals surface area contributed by atoms with Crippen LogP contribution >= 0.6 is 23.2 Å². The first-order chi connectivity index (χ1) is 18.5. The van der Waals surface area contributed by atoms with Crippen molar-refractivity contribution in [2.45, 2.75) is 39.0 Å². The lowest BCUT2D eigenvalue weighted by Crippen LogP contribution is -2.22. The highest BCUT2D eigenvalue weighted by molar-refractivity contribution is 6.36. The van der Waals surface area contributed by atoms with Crippen LogP contribution in [0.15, 0.2) is 55.0 Å². The van der Waals surface area contributed by atoms with E-state index >= 15 is 0 Å². The Hall–Kier alpha value is -2.99. The van der Waals surface area contributed by atoms with Crippen LogP contribution in [0.2, 0.25) is 10.0 Å². The third-order valence-corrected chi connectivity index (χ3v) is 8.46. The number of aromatic nitrogens is 2. The van der Waals surface area contributed by atoms with Gasteiger partial charge in [0.1, 0.15) is 0 Å². The Bertz CT molecular complexity index is 1500. The second-order valence-corrected chi connectivity index (χ2v) is 11.3. The van der Waals surface area contributed by atoms with Crippen molar-refractivity contribution in [2.75, 3.05) is 25.0 Å². The van der Waals surface area contributed by atoms with Crippen LogP contribution in [0.3, 0.4) is 0 Å². The number of benzene rings is 2. The molecule has 0 radical (unpaired) electrons. The minimum Gasteiger partial charge on any atom is -0.353 e. The Kier molecular flexibility index (Phi) is 7.08. The maximum absolute atomic E-state index is 13.3. The molecule has 2 aromatic carbocycles. The van der Waals surface area contributed by atoms with Crippen molar-refractivity contribution in [3.63, 3.8) is 0 Å². The zero-order chi connectivity index (χ0) is 26.2. The minimum atomic E-state index is 0.0811. The lowest BCUT2D eigenvalue weighted by atomic mass is 9.98. The fourth-order valence-electron chi connectivity index (χ4n) is 5.20. The van der Waals surface area contributed by atoms with E-state index < -0.39 is 0 Å². The van der Waals surface area contributed by atoms with Crippen LogP contribution in [0, 0.1) is 12.8 Å². The van der Waals surface area contributed by atoms with Gasteiger partial charge in [-0.3, -0.25) is 14.8 Å². The van der Waals surface area contributed by atoms with E-state index in [1.165, 1.54) is 31.5 Å². The molecule has 2 fully saturated rings. The van der Waals surface area contributed by atoms with Crippen LogP contribution in [0.4, 0.5) is 11.4 Å². The van der Waals surface area contributed by atoms with E-state index in [4.69, 9.17) is 23.2 Å². The van der Waals surface area contributed by atoms with Gasteiger partial charge in [-0.05, 0) is 105 Å². The summed E-state index contributed by atoms with van der Waals surface area (Å²) in [4.78, 5) is 25.0. The summed E-state index contributed by atoms with van der Waals surface area (Å²) in [6.07, 6.45) is 10.9. The standard InChI is InChI=1S/C31H30Cl2N4O/c1-19-27(32)14-23(15-28(19)33)22-6-7-29-25(13-22)30(26(18-35-29)31(38)21-4-5-21)36-24-12-20(16-34-17-24)8-11-37-9-2-3-10-37/h6-7,12-18,21H,2-5,8-11H2,1H3,(H,35,36). The molecule has 0 bridgehead atoms. The van der Waals surface area contributed by atoms with Crippen LogP contribution in [-0.4, -0.2) is 40.3 Å². The fraction of sp³-hybridized carbons (Fsp3) is 0.323. The maximum atomic E-state index is 13.3. The average molecular weight is 546 g/mol. The van der Waals surface area contributed by atoms with Crippen LogP contribution < -0.4 is 5.32 Å².